The molecule has 4 aromatic rings. The van der Waals surface area contributed by atoms with Gasteiger partial charge in [0.1, 0.15) is 58.8 Å². The van der Waals surface area contributed by atoms with Crippen LogP contribution in [0.2, 0.25) is 5.02 Å². The molecule has 2 amide bonds. The molecule has 1 aliphatic carbocycles. The summed E-state index contributed by atoms with van der Waals surface area (Å²) in [6.45, 7) is 11.9. The Bertz CT molecular complexity index is 2410. The summed E-state index contributed by atoms with van der Waals surface area (Å²) in [5.74, 6) is -1.21. The first-order valence-corrected chi connectivity index (χ1v) is 20.8. The highest BCUT2D eigenvalue weighted by Crippen LogP contribution is 2.52. The van der Waals surface area contributed by atoms with Crippen LogP contribution in [0, 0.1) is 23.0 Å². The van der Waals surface area contributed by atoms with Crippen LogP contribution < -0.4 is 25.0 Å². The number of halogens is 4. The third kappa shape index (κ3) is 7.75. The summed E-state index contributed by atoms with van der Waals surface area (Å²) in [6.07, 6.45) is 0.599. The van der Waals surface area contributed by atoms with Gasteiger partial charge in [0.2, 0.25) is 0 Å². The number of alkyl carbamates (subject to hydrolysis) is 1. The van der Waals surface area contributed by atoms with E-state index in [1.54, 1.807) is 41.5 Å². The number of benzene rings is 2. The van der Waals surface area contributed by atoms with Crippen LogP contribution in [0.5, 0.6) is 11.8 Å². The Morgan fingerprint density at radius 3 is 2.53 bits per heavy atom. The fourth-order valence-corrected chi connectivity index (χ4v) is 10.0. The predicted octanol–water partition coefficient (Wildman–Crippen LogP) is 8.87. The number of hydrogen-bond acceptors (Lipinski definition) is 12. The molecule has 2 saturated heterocycles. The summed E-state index contributed by atoms with van der Waals surface area (Å²) < 4.78 is 71.3. The first-order valence-electron chi connectivity index (χ1n) is 19.6. The Balaban J connectivity index is 1.24. The number of anilines is 2. The number of hydrogen-bond donors (Lipinski definition) is 2. The maximum absolute atomic E-state index is 17.6. The van der Waals surface area contributed by atoms with Crippen molar-refractivity contribution in [3.63, 3.8) is 0 Å². The number of nitriles is 1. The number of alkyl halides is 1. The van der Waals surface area contributed by atoms with E-state index in [1.807, 2.05) is 11.0 Å². The van der Waals surface area contributed by atoms with Crippen molar-refractivity contribution in [3.8, 4) is 29.0 Å². The van der Waals surface area contributed by atoms with Crippen LogP contribution in [0.4, 0.5) is 33.6 Å². The molecule has 8 rings (SSSR count). The number of nitrogens with one attached hydrogen (secondary N) is 2. The number of aromatic nitrogens is 2. The Morgan fingerprint density at radius 2 is 1.81 bits per heavy atom. The van der Waals surface area contributed by atoms with E-state index in [0.29, 0.717) is 38.2 Å². The number of carbonyl (C=O) groups is 2. The number of ether oxygens (including phenoxy) is 4. The standard InChI is InChI=1S/C41H45ClF3N7O6S/c1-39(2,3)57-37(53)47-21-14-22(15-21)52-12-13-55-32-28-31(48-36(49-34(28)52)56-19-41-10-7-11-51(41)18-20(43)16-41)30(45)27(29(32)42)23-8-9-25(44)33-26(23)24(17-46)35(59-33)50-38(54)58-40(4,5)6/h8-9,20-22H,7,10-16,18-19H2,1-6H3,(H,47,53)(H,50,54)/t20-,21?,22?,41+/m1/s1. The summed E-state index contributed by atoms with van der Waals surface area (Å²) in [6, 6.07) is 4.03. The molecule has 0 spiro atoms. The molecule has 2 N–H and O–H groups in total. The first kappa shape index (κ1) is 41.0. The second-order valence-corrected chi connectivity index (χ2v) is 19.0. The van der Waals surface area contributed by atoms with Crippen molar-refractivity contribution >= 4 is 66.9 Å². The van der Waals surface area contributed by atoms with Crippen LogP contribution in [-0.4, -0.2) is 94.9 Å². The van der Waals surface area contributed by atoms with Crippen LogP contribution in [-0.2, 0) is 9.47 Å². The Hall–Kier alpha value is -4.79. The van der Waals surface area contributed by atoms with Crippen molar-refractivity contribution < 1.29 is 41.7 Å². The summed E-state index contributed by atoms with van der Waals surface area (Å²) in [5, 5.41) is 15.9. The van der Waals surface area contributed by atoms with Crippen molar-refractivity contribution in [2.24, 2.45) is 0 Å². The van der Waals surface area contributed by atoms with Crippen molar-refractivity contribution in [1.29, 1.82) is 5.26 Å². The molecule has 1 saturated carbocycles. The second-order valence-electron chi connectivity index (χ2n) is 17.6. The normalized spacial score (nSPS) is 22.9. The molecule has 0 unspecified atom stereocenters. The maximum Gasteiger partial charge on any atom is 0.412 e. The molecule has 0 bridgehead atoms. The quantitative estimate of drug-likeness (QED) is 0.183. The molecule has 4 aliphatic rings. The van der Waals surface area contributed by atoms with Gasteiger partial charge in [0, 0.05) is 36.0 Å². The van der Waals surface area contributed by atoms with Crippen molar-refractivity contribution in [3.05, 3.63) is 34.4 Å². The van der Waals surface area contributed by atoms with E-state index in [1.165, 1.54) is 6.07 Å². The van der Waals surface area contributed by atoms with Crippen molar-refractivity contribution in [2.45, 2.75) is 109 Å². The summed E-state index contributed by atoms with van der Waals surface area (Å²) in [7, 11) is 0. The maximum atomic E-state index is 17.6. The van der Waals surface area contributed by atoms with Gasteiger partial charge in [0.05, 0.1) is 32.8 Å². The highest BCUT2D eigenvalue weighted by atomic mass is 35.5. The third-order valence-corrected chi connectivity index (χ3v) is 12.6. The molecule has 0 radical (unpaired) electrons. The van der Waals surface area contributed by atoms with E-state index in [0.717, 1.165) is 36.8 Å². The van der Waals surface area contributed by atoms with E-state index in [4.69, 9.17) is 35.5 Å². The largest absolute Gasteiger partial charge is 0.489 e. The molecule has 13 nitrogen and oxygen atoms in total. The number of fused-ring (bicyclic) bond motifs is 2. The van der Waals surface area contributed by atoms with Gasteiger partial charge in [-0.25, -0.2) is 22.8 Å². The average molecular weight is 856 g/mol. The number of carbonyl (C=O) groups excluding carboxylic acids is 2. The lowest BCUT2D eigenvalue weighted by molar-refractivity contribution is 0.0469. The lowest BCUT2D eigenvalue weighted by Gasteiger charge is -2.43. The Morgan fingerprint density at radius 1 is 1.08 bits per heavy atom. The minimum atomic E-state index is -0.998. The highest BCUT2D eigenvalue weighted by Gasteiger charge is 2.49. The lowest BCUT2D eigenvalue weighted by atomic mass is 9.85. The molecule has 3 aliphatic heterocycles. The zero-order chi connectivity index (χ0) is 42.2. The summed E-state index contributed by atoms with van der Waals surface area (Å²) >= 11 is 7.94. The van der Waals surface area contributed by atoms with E-state index >= 15 is 8.78 Å². The van der Waals surface area contributed by atoms with Crippen LogP contribution in [0.1, 0.15) is 79.2 Å². The monoisotopic (exact) mass is 855 g/mol. The predicted molar refractivity (Wildman–Crippen MR) is 217 cm³/mol. The number of nitrogens with zero attached hydrogens (tertiary/aromatic N) is 5. The minimum absolute atomic E-state index is 0.00785. The zero-order valence-electron chi connectivity index (χ0n) is 33.6. The fourth-order valence-electron chi connectivity index (χ4n) is 8.64. The first-order chi connectivity index (χ1) is 27.8. The molecular weight excluding hydrogens is 811 g/mol. The number of amides is 2. The van der Waals surface area contributed by atoms with Gasteiger partial charge in [-0.2, -0.15) is 15.2 Å². The molecule has 5 heterocycles. The molecule has 59 heavy (non-hydrogen) atoms. The molecular formula is C41H45ClF3N7O6S. The van der Waals surface area contributed by atoms with Gasteiger partial charge in [-0.15, -0.1) is 11.3 Å². The molecule has 18 heteroatoms. The lowest BCUT2D eigenvalue weighted by Crippen LogP contribution is -2.55. The summed E-state index contributed by atoms with van der Waals surface area (Å²) in [5.41, 5.74) is -2.52. The van der Waals surface area contributed by atoms with Crippen molar-refractivity contribution in [1.82, 2.24) is 20.2 Å². The number of thiophene rings is 1. The highest BCUT2D eigenvalue weighted by molar-refractivity contribution is 7.23. The minimum Gasteiger partial charge on any atom is -0.489 e. The van der Waals surface area contributed by atoms with Gasteiger partial charge in [-0.3, -0.25) is 10.2 Å². The van der Waals surface area contributed by atoms with Crippen LogP contribution >= 0.6 is 22.9 Å². The molecule has 2 aromatic carbocycles. The molecule has 3 fully saturated rings. The second kappa shape index (κ2) is 15.0. The van der Waals surface area contributed by atoms with Gasteiger partial charge < -0.3 is 29.2 Å². The SMILES string of the molecule is CC(C)(C)OC(=O)Nc1sc2c(F)ccc(-c3c(Cl)c4c5c(nc(OC[C@@]67CCCN6C[C@H](F)C7)nc5c3F)N(C3CC(NC(=O)OC(C)(C)C)C3)CCO4)c2c1C#N. The zero-order valence-corrected chi connectivity index (χ0v) is 35.1. The van der Waals surface area contributed by atoms with Gasteiger partial charge >= 0.3 is 18.2 Å². The third-order valence-electron chi connectivity index (χ3n) is 11.1. The fraction of sp³-hybridized carbons (Fsp3) is 0.537. The summed E-state index contributed by atoms with van der Waals surface area (Å²) in [4.78, 5) is 38.9. The Kier molecular flexibility index (Phi) is 10.4. The smallest absolute Gasteiger partial charge is 0.412 e. The van der Waals surface area contributed by atoms with Crippen LogP contribution in [0.25, 0.3) is 32.1 Å². The van der Waals surface area contributed by atoms with Crippen LogP contribution in [0.3, 0.4) is 0 Å². The molecule has 2 aromatic heterocycles. The Labute approximate surface area is 348 Å². The van der Waals surface area contributed by atoms with Crippen molar-refractivity contribution in [2.75, 3.05) is 43.1 Å². The van der Waals surface area contributed by atoms with Gasteiger partial charge in [0.15, 0.2) is 11.6 Å². The average Bonchev–Trinajstić information content (AvgIpc) is 3.73. The van der Waals surface area contributed by atoms with E-state index in [2.05, 4.69) is 20.5 Å². The van der Waals surface area contributed by atoms with E-state index < -0.39 is 46.7 Å². The van der Waals surface area contributed by atoms with E-state index in [9.17, 15) is 19.2 Å². The number of rotatable bonds is 7. The molecule has 314 valence electrons. The van der Waals surface area contributed by atoms with Gasteiger partial charge in [0.25, 0.3) is 0 Å². The topological polar surface area (TPSA) is 151 Å². The van der Waals surface area contributed by atoms with E-state index in [-0.39, 0.29) is 84.8 Å². The van der Waals surface area contributed by atoms with Gasteiger partial charge in [-0.05, 0) is 85.4 Å². The molecule has 2 atom stereocenters. The van der Waals surface area contributed by atoms with Crippen LogP contribution in [0.15, 0.2) is 12.1 Å². The van der Waals surface area contributed by atoms with Gasteiger partial charge in [-0.1, -0.05) is 17.7 Å².